The van der Waals surface area contributed by atoms with Crippen molar-refractivity contribution in [2.24, 2.45) is 0 Å². The first-order valence-electron chi connectivity index (χ1n) is 5.56. The van der Waals surface area contributed by atoms with Crippen molar-refractivity contribution in [1.82, 2.24) is 4.98 Å². The van der Waals surface area contributed by atoms with Crippen LogP contribution in [-0.4, -0.2) is 4.98 Å². The van der Waals surface area contributed by atoms with E-state index in [1.54, 1.807) is 17.4 Å². The summed E-state index contributed by atoms with van der Waals surface area (Å²) in [6.07, 6.45) is 0. The Kier molecular flexibility index (Phi) is 2.73. The molecule has 3 rings (SSSR count). The summed E-state index contributed by atoms with van der Waals surface area (Å²) in [4.78, 5) is 4.60. The third-order valence-corrected chi connectivity index (χ3v) is 4.15. The van der Waals surface area contributed by atoms with E-state index in [9.17, 15) is 0 Å². The summed E-state index contributed by atoms with van der Waals surface area (Å²) < 4.78 is 1.17. The minimum atomic E-state index is 0.681. The van der Waals surface area contributed by atoms with Crippen LogP contribution in [0.1, 0.15) is 5.56 Å². The molecule has 2 nitrogen and oxygen atoms in total. The Bertz CT molecular complexity index is 734. The van der Waals surface area contributed by atoms with Crippen LogP contribution in [0.4, 0.5) is 5.69 Å². The number of aromatic nitrogens is 1. The highest BCUT2D eigenvalue weighted by Crippen LogP contribution is 2.35. The van der Waals surface area contributed by atoms with Crippen molar-refractivity contribution in [3.8, 4) is 10.6 Å². The third kappa shape index (κ3) is 1.96. The largest absolute Gasteiger partial charge is 0.399 e. The smallest absolute Gasteiger partial charge is 0.126 e. The zero-order valence-corrected chi connectivity index (χ0v) is 11.3. The standard InChI is InChI=1S/C14H11ClN2S/c1-8-2-5-12-13(6-8)18-14(17-12)10-7-9(16)3-4-11(10)15/h2-7H,16H2,1H3. The van der Waals surface area contributed by atoms with Crippen LogP contribution >= 0.6 is 22.9 Å². The lowest BCUT2D eigenvalue weighted by atomic mass is 10.2. The fourth-order valence-corrected chi connectivity index (χ4v) is 3.21. The number of fused-ring (bicyclic) bond motifs is 1. The number of hydrogen-bond donors (Lipinski definition) is 1. The molecular formula is C14H11ClN2S. The minimum Gasteiger partial charge on any atom is -0.399 e. The van der Waals surface area contributed by atoms with Crippen LogP contribution in [0, 0.1) is 6.92 Å². The summed E-state index contributed by atoms with van der Waals surface area (Å²) >= 11 is 7.84. The number of benzene rings is 2. The van der Waals surface area contributed by atoms with Gasteiger partial charge in [-0.25, -0.2) is 4.98 Å². The lowest BCUT2D eigenvalue weighted by molar-refractivity contribution is 1.45. The van der Waals surface area contributed by atoms with E-state index in [0.717, 1.165) is 16.1 Å². The topological polar surface area (TPSA) is 38.9 Å². The van der Waals surface area contributed by atoms with Gasteiger partial charge in [0.05, 0.1) is 15.2 Å². The number of anilines is 1. The quantitative estimate of drug-likeness (QED) is 0.663. The maximum Gasteiger partial charge on any atom is 0.126 e. The van der Waals surface area contributed by atoms with Crippen LogP contribution in [0.5, 0.6) is 0 Å². The molecule has 2 N–H and O–H groups in total. The van der Waals surface area contributed by atoms with Gasteiger partial charge in [-0.1, -0.05) is 17.7 Å². The molecule has 0 bridgehead atoms. The molecule has 1 heterocycles. The van der Waals surface area contributed by atoms with Crippen LogP contribution in [0.3, 0.4) is 0 Å². The molecule has 0 aliphatic heterocycles. The van der Waals surface area contributed by atoms with Crippen molar-refractivity contribution in [2.45, 2.75) is 6.92 Å². The molecule has 0 aliphatic rings. The second-order valence-electron chi connectivity index (χ2n) is 4.23. The van der Waals surface area contributed by atoms with Gasteiger partial charge in [0.15, 0.2) is 0 Å². The summed E-state index contributed by atoms with van der Waals surface area (Å²) in [5.41, 5.74) is 9.63. The molecule has 0 radical (unpaired) electrons. The summed E-state index contributed by atoms with van der Waals surface area (Å²) in [5, 5.41) is 1.59. The maximum absolute atomic E-state index is 6.20. The number of nitrogens with two attached hydrogens (primary N) is 1. The van der Waals surface area contributed by atoms with E-state index < -0.39 is 0 Å². The zero-order valence-electron chi connectivity index (χ0n) is 9.77. The fourth-order valence-electron chi connectivity index (χ4n) is 1.85. The summed E-state index contributed by atoms with van der Waals surface area (Å²) in [6, 6.07) is 11.7. The summed E-state index contributed by atoms with van der Waals surface area (Å²) in [5.74, 6) is 0. The minimum absolute atomic E-state index is 0.681. The molecule has 0 amide bonds. The highest BCUT2D eigenvalue weighted by atomic mass is 35.5. The van der Waals surface area contributed by atoms with E-state index >= 15 is 0 Å². The van der Waals surface area contributed by atoms with Crippen LogP contribution in [0.15, 0.2) is 36.4 Å². The molecule has 18 heavy (non-hydrogen) atoms. The summed E-state index contributed by atoms with van der Waals surface area (Å²) in [7, 11) is 0. The van der Waals surface area contributed by atoms with Crippen LogP contribution in [0.2, 0.25) is 5.02 Å². The first kappa shape index (κ1) is 11.5. The third-order valence-electron chi connectivity index (χ3n) is 2.76. The van der Waals surface area contributed by atoms with Gasteiger partial charge in [-0.15, -0.1) is 11.3 Å². The Labute approximate surface area is 114 Å². The molecule has 0 saturated carbocycles. The zero-order chi connectivity index (χ0) is 12.7. The molecule has 0 unspecified atom stereocenters. The highest BCUT2D eigenvalue weighted by molar-refractivity contribution is 7.21. The van der Waals surface area contributed by atoms with Crippen molar-refractivity contribution in [1.29, 1.82) is 0 Å². The molecule has 0 saturated heterocycles. The molecule has 4 heteroatoms. The van der Waals surface area contributed by atoms with E-state index in [2.05, 4.69) is 24.0 Å². The average Bonchev–Trinajstić information content (AvgIpc) is 2.74. The van der Waals surface area contributed by atoms with Gasteiger partial charge in [0.1, 0.15) is 5.01 Å². The van der Waals surface area contributed by atoms with Gasteiger partial charge in [0, 0.05) is 11.3 Å². The number of nitrogen functional groups attached to an aromatic ring is 1. The Morgan fingerprint density at radius 2 is 2.00 bits per heavy atom. The molecule has 0 spiro atoms. The van der Waals surface area contributed by atoms with Gasteiger partial charge >= 0.3 is 0 Å². The van der Waals surface area contributed by atoms with Gasteiger partial charge in [0.2, 0.25) is 0 Å². The molecule has 0 fully saturated rings. The van der Waals surface area contributed by atoms with Crippen molar-refractivity contribution < 1.29 is 0 Å². The van der Waals surface area contributed by atoms with Gasteiger partial charge in [-0.05, 0) is 42.8 Å². The van der Waals surface area contributed by atoms with E-state index in [1.165, 1.54) is 10.3 Å². The molecule has 0 aliphatic carbocycles. The van der Waals surface area contributed by atoms with Gasteiger partial charge in [-0.3, -0.25) is 0 Å². The average molecular weight is 275 g/mol. The first-order valence-corrected chi connectivity index (χ1v) is 6.75. The Balaban J connectivity index is 2.22. The normalized spacial score (nSPS) is 11.0. The number of rotatable bonds is 1. The Morgan fingerprint density at radius 3 is 2.83 bits per heavy atom. The van der Waals surface area contributed by atoms with Crippen molar-refractivity contribution in [3.63, 3.8) is 0 Å². The van der Waals surface area contributed by atoms with E-state index in [-0.39, 0.29) is 0 Å². The number of aryl methyl sites for hydroxylation is 1. The fraction of sp³-hybridized carbons (Fsp3) is 0.0714. The molecule has 1 aromatic heterocycles. The number of thiazole rings is 1. The van der Waals surface area contributed by atoms with Crippen molar-refractivity contribution in [2.75, 3.05) is 5.73 Å². The van der Waals surface area contributed by atoms with E-state index in [4.69, 9.17) is 17.3 Å². The first-order chi connectivity index (χ1) is 8.63. The molecule has 3 aromatic rings. The van der Waals surface area contributed by atoms with Crippen molar-refractivity contribution >= 4 is 38.8 Å². The molecule has 0 atom stereocenters. The summed E-state index contributed by atoms with van der Waals surface area (Å²) in [6.45, 7) is 2.08. The van der Waals surface area contributed by atoms with Crippen LogP contribution < -0.4 is 5.73 Å². The monoisotopic (exact) mass is 274 g/mol. The second kappa shape index (κ2) is 4.26. The van der Waals surface area contributed by atoms with Gasteiger partial charge < -0.3 is 5.73 Å². The highest BCUT2D eigenvalue weighted by Gasteiger charge is 2.10. The van der Waals surface area contributed by atoms with Crippen LogP contribution in [-0.2, 0) is 0 Å². The SMILES string of the molecule is Cc1ccc2nc(-c3cc(N)ccc3Cl)sc2c1. The second-order valence-corrected chi connectivity index (χ2v) is 5.67. The maximum atomic E-state index is 6.20. The predicted molar refractivity (Wildman–Crippen MR) is 79.2 cm³/mol. The van der Waals surface area contributed by atoms with Crippen LogP contribution in [0.25, 0.3) is 20.8 Å². The number of hydrogen-bond acceptors (Lipinski definition) is 3. The van der Waals surface area contributed by atoms with Crippen molar-refractivity contribution in [3.05, 3.63) is 47.0 Å². The Morgan fingerprint density at radius 1 is 1.17 bits per heavy atom. The Hall–Kier alpha value is -1.58. The lowest BCUT2D eigenvalue weighted by Gasteiger charge is -2.01. The van der Waals surface area contributed by atoms with Gasteiger partial charge in [0.25, 0.3) is 0 Å². The number of nitrogens with zero attached hydrogens (tertiary/aromatic N) is 1. The lowest BCUT2D eigenvalue weighted by Crippen LogP contribution is -1.86. The molecule has 90 valence electrons. The van der Waals surface area contributed by atoms with E-state index in [1.807, 2.05) is 18.2 Å². The van der Waals surface area contributed by atoms with Gasteiger partial charge in [-0.2, -0.15) is 0 Å². The predicted octanol–water partition coefficient (Wildman–Crippen LogP) is 4.51. The number of halogens is 1. The molecular weight excluding hydrogens is 264 g/mol. The van der Waals surface area contributed by atoms with E-state index in [0.29, 0.717) is 10.7 Å². The molecule has 2 aromatic carbocycles.